The summed E-state index contributed by atoms with van der Waals surface area (Å²) < 4.78 is 37.0. The zero-order valence-electron chi connectivity index (χ0n) is 17.4. The second-order valence-electron chi connectivity index (χ2n) is 6.67. The first kappa shape index (κ1) is 27.3. The molecule has 0 aliphatic carbocycles. The minimum Gasteiger partial charge on any atom is -0.480 e. The number of ketones is 1. The second kappa shape index (κ2) is 13.0. The summed E-state index contributed by atoms with van der Waals surface area (Å²) in [7, 11) is 0. The van der Waals surface area contributed by atoms with Gasteiger partial charge >= 0.3 is 24.1 Å². The van der Waals surface area contributed by atoms with E-state index < -0.39 is 36.2 Å². The molecule has 3 N–H and O–H groups in total. The summed E-state index contributed by atoms with van der Waals surface area (Å²) >= 11 is 0. The summed E-state index contributed by atoms with van der Waals surface area (Å²) in [6, 6.07) is 15.6. The van der Waals surface area contributed by atoms with Gasteiger partial charge in [0.2, 0.25) is 0 Å². The van der Waals surface area contributed by atoms with Crippen molar-refractivity contribution in [1.29, 1.82) is 0 Å². The molecular formula is C22H22F3NO7. The Hall–Kier alpha value is -3.73. The topological polar surface area (TPSA) is 130 Å². The molecule has 0 bridgehead atoms. The molecule has 11 heteroatoms. The van der Waals surface area contributed by atoms with E-state index in [2.05, 4.69) is 5.32 Å². The Labute approximate surface area is 187 Å². The van der Waals surface area contributed by atoms with Crippen molar-refractivity contribution in [2.75, 3.05) is 0 Å². The predicted octanol–water partition coefficient (Wildman–Crippen LogP) is 3.07. The lowest BCUT2D eigenvalue weighted by atomic mass is 10.0. The molecule has 0 aliphatic heterocycles. The van der Waals surface area contributed by atoms with E-state index in [4.69, 9.17) is 19.7 Å². The van der Waals surface area contributed by atoms with E-state index in [0.29, 0.717) is 5.56 Å². The number of alkyl halides is 3. The predicted molar refractivity (Wildman–Crippen MR) is 109 cm³/mol. The molecule has 1 unspecified atom stereocenters. The zero-order chi connectivity index (χ0) is 25.0. The lowest BCUT2D eigenvalue weighted by Gasteiger charge is -2.19. The number of carboxylic acids is 2. The van der Waals surface area contributed by atoms with Crippen molar-refractivity contribution in [1.82, 2.24) is 5.32 Å². The Morgan fingerprint density at radius 3 is 1.88 bits per heavy atom. The van der Waals surface area contributed by atoms with Crippen LogP contribution in [0.1, 0.15) is 29.3 Å². The summed E-state index contributed by atoms with van der Waals surface area (Å²) in [5.74, 6) is -4.80. The number of Topliss-reactive ketones (excluding diaryl/α,β-unsaturated/α-hetero) is 1. The molecule has 2 atom stereocenters. The molecular weight excluding hydrogens is 447 g/mol. The van der Waals surface area contributed by atoms with E-state index in [-0.39, 0.29) is 18.8 Å². The molecule has 8 nitrogen and oxygen atoms in total. The molecule has 33 heavy (non-hydrogen) atoms. The fraction of sp³-hybridized carbons (Fsp3) is 0.273. The average Bonchev–Trinajstić information content (AvgIpc) is 2.77. The molecule has 0 saturated carbocycles. The number of benzene rings is 2. The summed E-state index contributed by atoms with van der Waals surface area (Å²) in [6.07, 6.45) is -5.27. The SMILES string of the molecule is C[C@H](NC(CC(=O)c1ccccc1)C(=O)OCc1ccccc1)C(=O)O.O=C(O)C(F)(F)F. The van der Waals surface area contributed by atoms with Gasteiger partial charge in [-0.25, -0.2) is 4.79 Å². The maximum absolute atomic E-state index is 12.4. The van der Waals surface area contributed by atoms with Crippen molar-refractivity contribution in [2.45, 2.75) is 38.2 Å². The van der Waals surface area contributed by atoms with Gasteiger partial charge in [0.05, 0.1) is 0 Å². The number of carbonyl (C=O) groups is 4. The molecule has 0 radical (unpaired) electrons. The second-order valence-corrected chi connectivity index (χ2v) is 6.67. The van der Waals surface area contributed by atoms with E-state index in [1.54, 1.807) is 30.3 Å². The van der Waals surface area contributed by atoms with Crippen molar-refractivity contribution < 1.29 is 47.3 Å². The van der Waals surface area contributed by atoms with Gasteiger partial charge in [0.15, 0.2) is 5.78 Å². The molecule has 0 aromatic heterocycles. The van der Waals surface area contributed by atoms with Crippen LogP contribution in [0.25, 0.3) is 0 Å². The number of esters is 1. The molecule has 178 valence electrons. The van der Waals surface area contributed by atoms with Crippen molar-refractivity contribution in [3.8, 4) is 0 Å². The average molecular weight is 469 g/mol. The van der Waals surface area contributed by atoms with Gasteiger partial charge in [0.1, 0.15) is 18.7 Å². The number of nitrogens with one attached hydrogen (secondary N) is 1. The Kier molecular flexibility index (Phi) is 10.7. The number of halogens is 3. The highest BCUT2D eigenvalue weighted by Gasteiger charge is 2.38. The molecule has 0 amide bonds. The first-order valence-electron chi connectivity index (χ1n) is 9.49. The molecule has 0 heterocycles. The maximum Gasteiger partial charge on any atom is 0.490 e. The summed E-state index contributed by atoms with van der Waals surface area (Å²) in [4.78, 5) is 44.8. The van der Waals surface area contributed by atoms with Gasteiger partial charge in [-0.1, -0.05) is 60.7 Å². The lowest BCUT2D eigenvalue weighted by molar-refractivity contribution is -0.192. The van der Waals surface area contributed by atoms with Crippen LogP contribution in [0, 0.1) is 0 Å². The van der Waals surface area contributed by atoms with Crippen LogP contribution < -0.4 is 5.32 Å². The molecule has 0 spiro atoms. The summed E-state index contributed by atoms with van der Waals surface area (Å²) in [6.45, 7) is 1.46. The minimum atomic E-state index is -5.08. The molecule has 0 fully saturated rings. The van der Waals surface area contributed by atoms with Gasteiger partial charge in [-0.3, -0.25) is 19.7 Å². The van der Waals surface area contributed by atoms with Gasteiger partial charge in [-0.2, -0.15) is 13.2 Å². The van der Waals surface area contributed by atoms with E-state index in [9.17, 15) is 27.6 Å². The van der Waals surface area contributed by atoms with Crippen LogP contribution in [-0.4, -0.2) is 52.2 Å². The van der Waals surface area contributed by atoms with Gasteiger partial charge in [-0.05, 0) is 12.5 Å². The first-order chi connectivity index (χ1) is 15.4. The number of hydrogen-bond donors (Lipinski definition) is 3. The maximum atomic E-state index is 12.4. The van der Waals surface area contributed by atoms with Crippen molar-refractivity contribution in [2.24, 2.45) is 0 Å². The molecule has 2 aromatic rings. The Balaban J connectivity index is 0.000000675. The molecule has 2 aromatic carbocycles. The first-order valence-corrected chi connectivity index (χ1v) is 9.49. The van der Waals surface area contributed by atoms with E-state index in [1.807, 2.05) is 30.3 Å². The highest BCUT2D eigenvalue weighted by Crippen LogP contribution is 2.13. The van der Waals surface area contributed by atoms with Crippen LogP contribution in [0.15, 0.2) is 60.7 Å². The molecule has 0 saturated heterocycles. The zero-order valence-corrected chi connectivity index (χ0v) is 17.4. The number of carbonyl (C=O) groups excluding carboxylic acids is 2. The van der Waals surface area contributed by atoms with Crippen LogP contribution in [0.2, 0.25) is 0 Å². The number of rotatable bonds is 9. The van der Waals surface area contributed by atoms with E-state index in [0.717, 1.165) is 5.56 Å². The normalized spacial score (nSPS) is 12.5. The van der Waals surface area contributed by atoms with Crippen LogP contribution in [0.4, 0.5) is 13.2 Å². The number of hydrogen-bond acceptors (Lipinski definition) is 6. The number of aliphatic carboxylic acids is 2. The third-order valence-electron chi connectivity index (χ3n) is 4.06. The fourth-order valence-electron chi connectivity index (χ4n) is 2.34. The highest BCUT2D eigenvalue weighted by atomic mass is 19.4. The number of carboxylic acid groups (broad SMARTS) is 2. The summed E-state index contributed by atoms with van der Waals surface area (Å²) in [5.41, 5.74) is 1.26. The van der Waals surface area contributed by atoms with Gasteiger partial charge in [0, 0.05) is 12.0 Å². The minimum absolute atomic E-state index is 0.0544. The number of ether oxygens (including phenoxy) is 1. The molecule has 2 rings (SSSR count). The lowest BCUT2D eigenvalue weighted by Crippen LogP contribution is -2.47. The van der Waals surface area contributed by atoms with Crippen molar-refractivity contribution in [3.05, 3.63) is 71.8 Å². The monoisotopic (exact) mass is 469 g/mol. The highest BCUT2D eigenvalue weighted by molar-refractivity contribution is 5.99. The smallest absolute Gasteiger partial charge is 0.480 e. The standard InChI is InChI=1S/C20H21NO5.C2HF3O2/c1-14(19(23)24)21-17(12-18(22)16-10-6-3-7-11-16)20(25)26-13-15-8-4-2-5-9-15;3-2(4,5)1(6)7/h2-11,14,17,21H,12-13H2,1H3,(H,23,24);(H,6,7)/t14-,17?;/m0./s1. The Bertz CT molecular complexity index is 934. The largest absolute Gasteiger partial charge is 0.490 e. The van der Waals surface area contributed by atoms with Crippen molar-refractivity contribution >= 4 is 23.7 Å². The molecule has 0 aliphatic rings. The van der Waals surface area contributed by atoms with Crippen LogP contribution in [-0.2, 0) is 25.7 Å². The van der Waals surface area contributed by atoms with E-state index >= 15 is 0 Å². The van der Waals surface area contributed by atoms with Gasteiger partial charge in [-0.15, -0.1) is 0 Å². The van der Waals surface area contributed by atoms with Gasteiger partial charge < -0.3 is 14.9 Å². The summed E-state index contributed by atoms with van der Waals surface area (Å²) in [5, 5.41) is 18.9. The quantitative estimate of drug-likeness (QED) is 0.377. The van der Waals surface area contributed by atoms with E-state index in [1.165, 1.54) is 6.92 Å². The third-order valence-corrected chi connectivity index (χ3v) is 4.06. The third kappa shape index (κ3) is 10.4. The van der Waals surface area contributed by atoms with Crippen molar-refractivity contribution in [3.63, 3.8) is 0 Å². The van der Waals surface area contributed by atoms with Crippen LogP contribution in [0.3, 0.4) is 0 Å². The van der Waals surface area contributed by atoms with Gasteiger partial charge in [0.25, 0.3) is 0 Å². The van der Waals surface area contributed by atoms with Crippen LogP contribution >= 0.6 is 0 Å². The Morgan fingerprint density at radius 1 is 0.939 bits per heavy atom. The fourth-order valence-corrected chi connectivity index (χ4v) is 2.34. The van der Waals surface area contributed by atoms with Crippen LogP contribution in [0.5, 0.6) is 0 Å². The Morgan fingerprint density at radius 2 is 1.42 bits per heavy atom.